The smallest absolute Gasteiger partial charge is 0.204 e. The van der Waals surface area contributed by atoms with Gasteiger partial charge in [0.1, 0.15) is 0 Å². The van der Waals surface area contributed by atoms with Crippen LogP contribution in [0.25, 0.3) is 0 Å². The lowest BCUT2D eigenvalue weighted by Crippen LogP contribution is -2.02. The first-order valence-corrected chi connectivity index (χ1v) is 6.98. The number of benzene rings is 1. The summed E-state index contributed by atoms with van der Waals surface area (Å²) >= 11 is 4.98. The molecule has 0 bridgehead atoms. The monoisotopic (exact) mass is 308 g/mol. The molecular formula is C14H13BrOS. The van der Waals surface area contributed by atoms with Crippen molar-refractivity contribution in [2.75, 3.05) is 0 Å². The molecule has 0 aliphatic heterocycles. The molecule has 88 valence electrons. The van der Waals surface area contributed by atoms with E-state index in [0.717, 1.165) is 30.9 Å². The van der Waals surface area contributed by atoms with E-state index in [9.17, 15) is 4.79 Å². The van der Waals surface area contributed by atoms with E-state index in [0.29, 0.717) is 0 Å². The molecule has 1 aromatic carbocycles. The minimum Gasteiger partial charge on any atom is -0.288 e. The van der Waals surface area contributed by atoms with Crippen LogP contribution in [-0.4, -0.2) is 5.78 Å². The number of carbonyl (C=O) groups is 1. The third kappa shape index (κ3) is 2.50. The van der Waals surface area contributed by atoms with Gasteiger partial charge >= 0.3 is 0 Å². The van der Waals surface area contributed by atoms with Crippen molar-refractivity contribution in [3.05, 3.63) is 55.2 Å². The number of hydrogen-bond acceptors (Lipinski definition) is 2. The van der Waals surface area contributed by atoms with Crippen molar-refractivity contribution < 1.29 is 4.79 Å². The third-order valence-electron chi connectivity index (χ3n) is 2.65. The SMILES string of the molecule is Cc1ccc(C)c(C(=O)c2sc(C)cc2Br)c1. The lowest BCUT2D eigenvalue weighted by Gasteiger charge is -2.05. The van der Waals surface area contributed by atoms with Gasteiger partial charge in [-0.2, -0.15) is 0 Å². The topological polar surface area (TPSA) is 17.1 Å². The van der Waals surface area contributed by atoms with Gasteiger partial charge in [0.25, 0.3) is 0 Å². The number of rotatable bonds is 2. The Morgan fingerprint density at radius 1 is 1.18 bits per heavy atom. The zero-order chi connectivity index (χ0) is 12.6. The zero-order valence-electron chi connectivity index (χ0n) is 10.0. The molecule has 0 N–H and O–H groups in total. The summed E-state index contributed by atoms with van der Waals surface area (Å²) in [5, 5.41) is 0. The summed E-state index contributed by atoms with van der Waals surface area (Å²) in [6, 6.07) is 7.97. The first-order valence-electron chi connectivity index (χ1n) is 5.37. The van der Waals surface area contributed by atoms with Crippen LogP contribution in [0, 0.1) is 20.8 Å². The molecule has 0 aliphatic carbocycles. The highest BCUT2D eigenvalue weighted by molar-refractivity contribution is 9.10. The summed E-state index contributed by atoms with van der Waals surface area (Å²) in [7, 11) is 0. The molecule has 0 amide bonds. The van der Waals surface area contributed by atoms with Gasteiger partial charge < -0.3 is 0 Å². The van der Waals surface area contributed by atoms with E-state index in [2.05, 4.69) is 15.9 Å². The predicted octanol–water partition coefficient (Wildman–Crippen LogP) is 4.67. The van der Waals surface area contributed by atoms with Gasteiger partial charge in [-0.05, 0) is 54.4 Å². The fourth-order valence-corrected chi connectivity index (χ4v) is 3.52. The fraction of sp³-hybridized carbons (Fsp3) is 0.214. The van der Waals surface area contributed by atoms with Gasteiger partial charge in [0.05, 0.1) is 4.88 Å². The molecule has 0 unspecified atom stereocenters. The van der Waals surface area contributed by atoms with Gasteiger partial charge in [-0.25, -0.2) is 0 Å². The Morgan fingerprint density at radius 3 is 2.47 bits per heavy atom. The van der Waals surface area contributed by atoms with E-state index in [1.807, 2.05) is 45.0 Å². The molecule has 2 rings (SSSR count). The Bertz CT molecular complexity index is 584. The standard InChI is InChI=1S/C14H13BrOS/c1-8-4-5-9(2)11(6-8)13(16)14-12(15)7-10(3)17-14/h4-7H,1-3H3. The number of thiophene rings is 1. The largest absolute Gasteiger partial charge is 0.288 e. The lowest BCUT2D eigenvalue weighted by atomic mass is 10.0. The molecule has 0 saturated carbocycles. The Kier molecular flexibility index (Phi) is 3.50. The van der Waals surface area contributed by atoms with Gasteiger partial charge in [-0.15, -0.1) is 11.3 Å². The van der Waals surface area contributed by atoms with Crippen LogP contribution >= 0.6 is 27.3 Å². The second-order valence-electron chi connectivity index (χ2n) is 4.18. The van der Waals surface area contributed by atoms with Crippen molar-refractivity contribution in [3.63, 3.8) is 0 Å². The Balaban J connectivity index is 2.50. The van der Waals surface area contributed by atoms with Crippen LogP contribution in [-0.2, 0) is 0 Å². The highest BCUT2D eigenvalue weighted by atomic mass is 79.9. The summed E-state index contributed by atoms with van der Waals surface area (Å²) in [4.78, 5) is 14.4. The molecule has 0 radical (unpaired) electrons. The fourth-order valence-electron chi connectivity index (χ4n) is 1.74. The number of hydrogen-bond donors (Lipinski definition) is 0. The summed E-state index contributed by atoms with van der Waals surface area (Å²) < 4.78 is 0.894. The van der Waals surface area contributed by atoms with Crippen molar-refractivity contribution in [1.82, 2.24) is 0 Å². The van der Waals surface area contributed by atoms with E-state index in [1.165, 1.54) is 11.3 Å². The Morgan fingerprint density at radius 2 is 1.88 bits per heavy atom. The van der Waals surface area contributed by atoms with Crippen molar-refractivity contribution >= 4 is 33.0 Å². The maximum atomic E-state index is 12.4. The van der Waals surface area contributed by atoms with E-state index in [1.54, 1.807) is 0 Å². The molecule has 1 nitrogen and oxygen atoms in total. The van der Waals surface area contributed by atoms with Crippen LogP contribution in [0.1, 0.15) is 31.2 Å². The molecule has 0 aliphatic rings. The molecule has 0 saturated heterocycles. The second kappa shape index (κ2) is 4.75. The predicted molar refractivity (Wildman–Crippen MR) is 76.1 cm³/mol. The van der Waals surface area contributed by atoms with E-state index in [4.69, 9.17) is 0 Å². The highest BCUT2D eigenvalue weighted by Crippen LogP contribution is 2.30. The molecule has 0 atom stereocenters. The van der Waals surface area contributed by atoms with Gasteiger partial charge in [0.2, 0.25) is 5.78 Å². The van der Waals surface area contributed by atoms with Crippen molar-refractivity contribution in [1.29, 1.82) is 0 Å². The Labute approximate surface area is 114 Å². The average molecular weight is 309 g/mol. The van der Waals surface area contributed by atoms with Crippen molar-refractivity contribution in [3.8, 4) is 0 Å². The molecule has 0 spiro atoms. The summed E-state index contributed by atoms with van der Waals surface area (Å²) in [5.41, 5.74) is 2.94. The molecule has 3 heteroatoms. The maximum Gasteiger partial charge on any atom is 0.204 e. The van der Waals surface area contributed by atoms with Gasteiger partial charge in [-0.1, -0.05) is 17.7 Å². The van der Waals surface area contributed by atoms with Crippen molar-refractivity contribution in [2.24, 2.45) is 0 Å². The molecule has 17 heavy (non-hydrogen) atoms. The molecule has 0 fully saturated rings. The maximum absolute atomic E-state index is 12.4. The highest BCUT2D eigenvalue weighted by Gasteiger charge is 2.17. The van der Waals surface area contributed by atoms with Crippen molar-refractivity contribution in [2.45, 2.75) is 20.8 Å². The van der Waals surface area contributed by atoms with E-state index in [-0.39, 0.29) is 5.78 Å². The third-order valence-corrected chi connectivity index (χ3v) is 4.59. The lowest BCUT2D eigenvalue weighted by molar-refractivity contribution is 0.104. The Hall–Kier alpha value is -0.930. The van der Waals surface area contributed by atoms with E-state index < -0.39 is 0 Å². The first-order chi connectivity index (χ1) is 7.99. The number of ketones is 1. The van der Waals surface area contributed by atoms with Gasteiger partial charge in [-0.3, -0.25) is 4.79 Å². The number of halogens is 1. The summed E-state index contributed by atoms with van der Waals surface area (Å²) in [6.45, 7) is 5.99. The minimum atomic E-state index is 0.108. The molecule has 2 aromatic rings. The van der Waals surface area contributed by atoms with Crippen LogP contribution in [0.2, 0.25) is 0 Å². The first kappa shape index (κ1) is 12.5. The minimum absolute atomic E-state index is 0.108. The quantitative estimate of drug-likeness (QED) is 0.737. The molecule has 1 aromatic heterocycles. The summed E-state index contributed by atoms with van der Waals surface area (Å²) in [6.07, 6.45) is 0. The van der Waals surface area contributed by atoms with Crippen LogP contribution in [0.3, 0.4) is 0 Å². The number of aryl methyl sites for hydroxylation is 3. The zero-order valence-corrected chi connectivity index (χ0v) is 12.4. The average Bonchev–Trinajstić information content (AvgIpc) is 2.60. The van der Waals surface area contributed by atoms with Crippen LogP contribution in [0.5, 0.6) is 0 Å². The van der Waals surface area contributed by atoms with Crippen LogP contribution in [0.15, 0.2) is 28.7 Å². The molecule has 1 heterocycles. The van der Waals surface area contributed by atoms with Crippen LogP contribution in [0.4, 0.5) is 0 Å². The second-order valence-corrected chi connectivity index (χ2v) is 6.29. The molecular weight excluding hydrogens is 296 g/mol. The van der Waals surface area contributed by atoms with E-state index >= 15 is 0 Å². The summed E-state index contributed by atoms with van der Waals surface area (Å²) in [5.74, 6) is 0.108. The van der Waals surface area contributed by atoms with Gasteiger partial charge in [0, 0.05) is 14.9 Å². The number of carbonyl (C=O) groups excluding carboxylic acids is 1. The van der Waals surface area contributed by atoms with Gasteiger partial charge in [0.15, 0.2) is 0 Å². The normalized spacial score (nSPS) is 10.6. The van der Waals surface area contributed by atoms with Crippen LogP contribution < -0.4 is 0 Å².